The molecule has 287 valence electrons. The zero-order valence-electron chi connectivity index (χ0n) is 32.2. The summed E-state index contributed by atoms with van der Waals surface area (Å²) in [6, 6.07) is 23.3. The summed E-state index contributed by atoms with van der Waals surface area (Å²) >= 11 is 0. The predicted molar refractivity (Wildman–Crippen MR) is 205 cm³/mol. The van der Waals surface area contributed by atoms with Gasteiger partial charge in [-0.3, -0.25) is 9.78 Å². The first kappa shape index (κ1) is 43.6. The van der Waals surface area contributed by atoms with E-state index in [9.17, 15) is 23.1 Å². The average Bonchev–Trinajstić information content (AvgIpc) is 3.49. The Hall–Kier alpha value is -3.81. The van der Waals surface area contributed by atoms with Crippen LogP contribution in [0.5, 0.6) is 0 Å². The largest absolute Gasteiger partial charge is 0.512 e. The molecule has 1 N–H and O–H groups in total. The first-order valence-electron chi connectivity index (χ1n) is 18.2. The van der Waals surface area contributed by atoms with Crippen LogP contribution in [-0.2, 0) is 36.7 Å². The first-order valence-corrected chi connectivity index (χ1v) is 18.2. The average molecular weight is 906 g/mol. The second-order valence-corrected chi connectivity index (χ2v) is 15.2. The molecule has 0 bridgehead atoms. The zero-order valence-corrected chi connectivity index (χ0v) is 34.6. The van der Waals surface area contributed by atoms with Gasteiger partial charge < -0.3 is 9.52 Å². The molecular weight excluding hydrogens is 854 g/mol. The van der Waals surface area contributed by atoms with Crippen LogP contribution in [0.2, 0.25) is 0 Å². The summed E-state index contributed by atoms with van der Waals surface area (Å²) in [7, 11) is 0. The van der Waals surface area contributed by atoms with Crippen LogP contribution >= 0.6 is 0 Å². The van der Waals surface area contributed by atoms with Crippen molar-refractivity contribution < 1.29 is 47.6 Å². The molecule has 0 fully saturated rings. The fraction of sp³-hybridized carbons (Fsp3) is 0.432. The number of nitrogens with zero attached hydrogens (tertiary/aromatic N) is 2. The van der Waals surface area contributed by atoms with Gasteiger partial charge in [0.2, 0.25) is 0 Å². The summed E-state index contributed by atoms with van der Waals surface area (Å²) in [4.78, 5) is 20.7. The third kappa shape index (κ3) is 10.7. The Balaban J connectivity index is 0.000000403. The van der Waals surface area contributed by atoms with Crippen molar-refractivity contribution in [2.75, 3.05) is 0 Å². The number of oxazole rings is 1. The van der Waals surface area contributed by atoms with Gasteiger partial charge in [-0.25, -0.2) is 4.98 Å². The summed E-state index contributed by atoms with van der Waals surface area (Å²) < 4.78 is 45.6. The minimum Gasteiger partial charge on any atom is -0.512 e. The van der Waals surface area contributed by atoms with Gasteiger partial charge in [0.05, 0.1) is 11.2 Å². The number of carbonyl (C=O) groups is 1. The van der Waals surface area contributed by atoms with Crippen molar-refractivity contribution in [3.8, 4) is 22.4 Å². The topological polar surface area (TPSA) is 76.2 Å². The number of hydrogen-bond donors (Lipinski definition) is 1. The van der Waals surface area contributed by atoms with Crippen LogP contribution in [0.4, 0.5) is 13.2 Å². The SMILES string of the molecule is CC(C)(C)c1cc(-c2cc(-c3ccc4oc(CC(C)(C)C(F)(F)F)nc4c3)ccn2)[c-]c2ccccc12.CCC(CC)C(=O)/C=C(\O)C(CC)CC.[Ir]. The molecule has 53 heavy (non-hydrogen) atoms. The Morgan fingerprint density at radius 3 is 2.09 bits per heavy atom. The smallest absolute Gasteiger partial charge is 0.394 e. The van der Waals surface area contributed by atoms with E-state index in [1.165, 1.54) is 17.0 Å². The maximum atomic E-state index is 13.3. The van der Waals surface area contributed by atoms with E-state index in [1.807, 2.05) is 64.1 Å². The van der Waals surface area contributed by atoms with Gasteiger partial charge in [-0.15, -0.1) is 29.1 Å². The monoisotopic (exact) mass is 906 g/mol. The number of allylic oxidation sites excluding steroid dienone is 2. The number of halogens is 3. The molecule has 2 aromatic heterocycles. The fourth-order valence-corrected chi connectivity index (χ4v) is 6.23. The number of pyridine rings is 1. The molecule has 0 saturated carbocycles. The van der Waals surface area contributed by atoms with Crippen LogP contribution in [0.1, 0.15) is 99.5 Å². The molecule has 0 amide bonds. The van der Waals surface area contributed by atoms with Crippen LogP contribution in [-0.4, -0.2) is 27.0 Å². The summed E-state index contributed by atoms with van der Waals surface area (Å²) in [6.07, 6.45) is 1.99. The second kappa shape index (κ2) is 18.0. The van der Waals surface area contributed by atoms with Gasteiger partial charge in [0.25, 0.3) is 0 Å². The number of alkyl halides is 3. The quantitative estimate of drug-likeness (QED) is 0.0812. The van der Waals surface area contributed by atoms with Gasteiger partial charge >= 0.3 is 6.18 Å². The predicted octanol–water partition coefficient (Wildman–Crippen LogP) is 12.8. The first-order chi connectivity index (χ1) is 24.4. The van der Waals surface area contributed by atoms with Crippen molar-refractivity contribution in [1.82, 2.24) is 9.97 Å². The molecule has 2 heterocycles. The number of aromatic nitrogens is 2. The number of benzene rings is 3. The van der Waals surface area contributed by atoms with E-state index in [4.69, 9.17) is 4.42 Å². The normalized spacial score (nSPS) is 12.6. The molecule has 9 heteroatoms. The molecular formula is C44H52F3IrN2O3-. The van der Waals surface area contributed by atoms with E-state index < -0.39 is 11.6 Å². The van der Waals surface area contributed by atoms with Gasteiger partial charge in [-0.05, 0) is 60.4 Å². The molecule has 0 aliphatic rings. The zero-order chi connectivity index (χ0) is 38.4. The Bertz CT molecular complexity index is 2020. The number of rotatable bonds is 11. The molecule has 5 aromatic rings. The minimum absolute atomic E-state index is 0. The Morgan fingerprint density at radius 1 is 0.868 bits per heavy atom. The van der Waals surface area contributed by atoms with Crippen LogP contribution in [0.15, 0.2) is 83.1 Å². The standard InChI is InChI=1S/C31H28F3N2O.C13H24O2.Ir/c1-29(2,3)24-15-22(14-21-8-6-7-9-23(21)24)25-16-20(12-13-35-25)19-10-11-27-26(17-19)36-28(37-27)18-30(4,5)31(32,33)34;1-5-10(6-2)12(14)9-13(15)11(7-3)8-4;/h6-13,15-17H,18H2,1-5H3;9-11,14H,5-8H2,1-4H3;/q-1;;/b;12-9-;. The molecule has 5 rings (SSSR count). The second-order valence-electron chi connectivity index (χ2n) is 15.2. The number of fused-ring (bicyclic) bond motifs is 2. The fourth-order valence-electron chi connectivity index (χ4n) is 6.23. The summed E-state index contributed by atoms with van der Waals surface area (Å²) in [6.45, 7) is 17.0. The third-order valence-electron chi connectivity index (χ3n) is 9.83. The molecule has 5 nitrogen and oxygen atoms in total. The molecule has 0 spiro atoms. The van der Waals surface area contributed by atoms with E-state index in [1.54, 1.807) is 12.3 Å². The van der Waals surface area contributed by atoms with Crippen LogP contribution < -0.4 is 0 Å². The molecule has 0 aliphatic carbocycles. The molecule has 0 unspecified atom stereocenters. The van der Waals surface area contributed by atoms with Crippen LogP contribution in [0, 0.1) is 23.3 Å². The van der Waals surface area contributed by atoms with E-state index >= 15 is 0 Å². The molecule has 1 radical (unpaired) electrons. The van der Waals surface area contributed by atoms with Gasteiger partial charge in [0, 0.05) is 56.3 Å². The molecule has 3 aromatic carbocycles. The number of hydrogen-bond acceptors (Lipinski definition) is 5. The van der Waals surface area contributed by atoms with Gasteiger partial charge in [-0.2, -0.15) is 13.2 Å². The van der Waals surface area contributed by atoms with Crippen molar-refractivity contribution in [1.29, 1.82) is 0 Å². The number of ketones is 1. The maximum absolute atomic E-state index is 13.3. The Morgan fingerprint density at radius 2 is 1.49 bits per heavy atom. The number of carbonyl (C=O) groups excluding carboxylic acids is 1. The van der Waals surface area contributed by atoms with E-state index in [0.717, 1.165) is 67.3 Å². The number of aliphatic hydroxyl groups excluding tert-OH is 1. The van der Waals surface area contributed by atoms with Crippen LogP contribution in [0.3, 0.4) is 0 Å². The van der Waals surface area contributed by atoms with Gasteiger partial charge in [0.15, 0.2) is 17.3 Å². The summed E-state index contributed by atoms with van der Waals surface area (Å²) in [5, 5.41) is 12.0. The van der Waals surface area contributed by atoms with E-state index in [0.29, 0.717) is 11.1 Å². The van der Waals surface area contributed by atoms with Gasteiger partial charge in [0.1, 0.15) is 5.52 Å². The number of aliphatic hydroxyl groups is 1. The van der Waals surface area contributed by atoms with Crippen molar-refractivity contribution in [3.05, 3.63) is 96.2 Å². The summed E-state index contributed by atoms with van der Waals surface area (Å²) in [5.41, 5.74) is 3.72. The maximum Gasteiger partial charge on any atom is 0.394 e. The third-order valence-corrected chi connectivity index (χ3v) is 9.83. The Labute approximate surface area is 325 Å². The summed E-state index contributed by atoms with van der Waals surface area (Å²) in [5.74, 6) is 0.622. The van der Waals surface area contributed by atoms with Crippen molar-refractivity contribution in [2.45, 2.75) is 106 Å². The van der Waals surface area contributed by atoms with Crippen molar-refractivity contribution in [3.63, 3.8) is 0 Å². The van der Waals surface area contributed by atoms with Crippen LogP contribution in [0.25, 0.3) is 44.3 Å². The molecule has 0 saturated heterocycles. The molecule has 0 aliphatic heterocycles. The minimum atomic E-state index is -4.35. The van der Waals surface area contributed by atoms with Gasteiger partial charge in [-0.1, -0.05) is 104 Å². The van der Waals surface area contributed by atoms with Crippen molar-refractivity contribution >= 4 is 27.7 Å². The Kier molecular flexibility index (Phi) is 14.8. The van der Waals surface area contributed by atoms with E-state index in [-0.39, 0.29) is 61.2 Å². The van der Waals surface area contributed by atoms with E-state index in [2.05, 4.69) is 55.0 Å². The van der Waals surface area contributed by atoms with Crippen molar-refractivity contribution in [2.24, 2.45) is 17.3 Å². The molecule has 0 atom stereocenters.